The van der Waals surface area contributed by atoms with Crippen molar-refractivity contribution >= 4 is 42.8 Å². The molecule has 8 nitrogen and oxygen atoms in total. The summed E-state index contributed by atoms with van der Waals surface area (Å²) in [6, 6.07) is 1.02. The smallest absolute Gasteiger partial charge is 0.304 e. The molecule has 0 saturated carbocycles. The van der Waals surface area contributed by atoms with E-state index in [9.17, 15) is 22.7 Å². The maximum absolute atomic E-state index is 12.0. The molecule has 0 aliphatic heterocycles. The standard InChI is InChI=1S/C9H15N3O5S3/c1-10-9-7(12(13)14)6-8(18-9)20(16,17)11-4-3-5-19(2)15/h6,10-11H,3-5H2,1-2H3. The van der Waals surface area contributed by atoms with Crippen LogP contribution in [0.3, 0.4) is 0 Å². The van der Waals surface area contributed by atoms with Gasteiger partial charge in [0, 0.05) is 42.5 Å². The van der Waals surface area contributed by atoms with Gasteiger partial charge in [0.2, 0.25) is 10.0 Å². The zero-order valence-electron chi connectivity index (χ0n) is 10.9. The Bertz CT molecular complexity index is 610. The minimum absolute atomic E-state index is 0.119. The fourth-order valence-electron chi connectivity index (χ4n) is 1.36. The molecule has 1 heterocycles. The molecule has 0 aliphatic carbocycles. The Kier molecular flexibility index (Phi) is 6.05. The molecular weight excluding hydrogens is 326 g/mol. The monoisotopic (exact) mass is 341 g/mol. The third kappa shape index (κ3) is 4.51. The summed E-state index contributed by atoms with van der Waals surface area (Å²) in [6.07, 6.45) is 1.98. The summed E-state index contributed by atoms with van der Waals surface area (Å²) >= 11 is 0.796. The van der Waals surface area contributed by atoms with Crippen molar-refractivity contribution in [3.63, 3.8) is 0 Å². The van der Waals surface area contributed by atoms with Gasteiger partial charge in [0.15, 0.2) is 5.00 Å². The highest BCUT2D eigenvalue weighted by Gasteiger charge is 2.25. The summed E-state index contributed by atoms with van der Waals surface area (Å²) in [5.74, 6) is 0.398. The van der Waals surface area contributed by atoms with Crippen LogP contribution in [0.4, 0.5) is 10.7 Å². The number of nitrogens with zero attached hydrogens (tertiary/aromatic N) is 1. The largest absolute Gasteiger partial charge is 0.374 e. The Balaban J connectivity index is 2.82. The van der Waals surface area contributed by atoms with Crippen molar-refractivity contribution in [1.82, 2.24) is 4.72 Å². The average molecular weight is 341 g/mol. The molecule has 1 atom stereocenters. The van der Waals surface area contributed by atoms with Crippen molar-refractivity contribution in [2.75, 3.05) is 30.9 Å². The van der Waals surface area contributed by atoms with E-state index >= 15 is 0 Å². The maximum atomic E-state index is 12.0. The van der Waals surface area contributed by atoms with Crippen LogP contribution in [0.25, 0.3) is 0 Å². The fourth-order valence-corrected chi connectivity index (χ4v) is 4.31. The van der Waals surface area contributed by atoms with Crippen LogP contribution in [0.1, 0.15) is 6.42 Å². The van der Waals surface area contributed by atoms with Crippen molar-refractivity contribution in [3.8, 4) is 0 Å². The molecule has 0 saturated heterocycles. The summed E-state index contributed by atoms with van der Waals surface area (Å²) in [7, 11) is -3.27. The van der Waals surface area contributed by atoms with Crippen molar-refractivity contribution in [3.05, 3.63) is 16.2 Å². The van der Waals surface area contributed by atoms with Gasteiger partial charge < -0.3 is 5.32 Å². The minimum atomic E-state index is -3.78. The van der Waals surface area contributed by atoms with Gasteiger partial charge in [0.05, 0.1) is 4.92 Å². The molecule has 0 aliphatic rings. The predicted octanol–water partition coefficient (Wildman–Crippen LogP) is 0.745. The van der Waals surface area contributed by atoms with E-state index in [0.717, 1.165) is 17.4 Å². The molecule has 0 bridgehead atoms. The van der Waals surface area contributed by atoms with Gasteiger partial charge in [-0.2, -0.15) is 0 Å². The number of sulfonamides is 1. The Labute approximate surface area is 123 Å². The lowest BCUT2D eigenvalue weighted by Crippen LogP contribution is -2.25. The van der Waals surface area contributed by atoms with Crippen molar-refractivity contribution in [2.45, 2.75) is 10.6 Å². The van der Waals surface area contributed by atoms with E-state index in [1.165, 1.54) is 13.3 Å². The molecule has 20 heavy (non-hydrogen) atoms. The SMILES string of the molecule is CNc1sc(S(=O)(=O)NCCCS(C)=O)cc1[N+](=O)[O-]. The first-order valence-corrected chi connectivity index (χ1v) is 9.56. The molecule has 1 unspecified atom stereocenters. The number of hydrogen-bond donors (Lipinski definition) is 2. The third-order valence-corrected chi connectivity index (χ3v) is 6.22. The molecule has 0 aromatic carbocycles. The highest BCUT2D eigenvalue weighted by Crippen LogP contribution is 2.36. The van der Waals surface area contributed by atoms with Gasteiger partial charge in [-0.05, 0) is 6.42 Å². The lowest BCUT2D eigenvalue weighted by atomic mass is 10.5. The van der Waals surface area contributed by atoms with E-state index in [4.69, 9.17) is 0 Å². The number of nitro groups is 1. The average Bonchev–Trinajstić information content (AvgIpc) is 2.79. The normalized spacial score (nSPS) is 13.1. The molecule has 1 rings (SSSR count). The van der Waals surface area contributed by atoms with Gasteiger partial charge in [0.1, 0.15) is 4.21 Å². The fraction of sp³-hybridized carbons (Fsp3) is 0.556. The molecule has 11 heteroatoms. The topological polar surface area (TPSA) is 118 Å². The van der Waals surface area contributed by atoms with E-state index in [1.54, 1.807) is 0 Å². The summed E-state index contributed by atoms with van der Waals surface area (Å²) in [5, 5.41) is 13.6. The molecule has 1 aromatic rings. The summed E-state index contributed by atoms with van der Waals surface area (Å²) in [5.41, 5.74) is -0.271. The number of nitrogens with one attached hydrogen (secondary N) is 2. The third-order valence-electron chi connectivity index (χ3n) is 2.28. The molecule has 2 N–H and O–H groups in total. The first kappa shape index (κ1) is 17.0. The van der Waals surface area contributed by atoms with E-state index in [2.05, 4.69) is 10.0 Å². The quantitative estimate of drug-likeness (QED) is 0.409. The van der Waals surface area contributed by atoms with Crippen LogP contribution in [0.2, 0.25) is 0 Å². The first-order valence-electron chi connectivity index (χ1n) is 5.53. The first-order chi connectivity index (χ1) is 9.27. The zero-order valence-corrected chi connectivity index (χ0v) is 13.4. The van der Waals surface area contributed by atoms with Crippen LogP contribution in [-0.4, -0.2) is 43.2 Å². The minimum Gasteiger partial charge on any atom is -0.374 e. The highest BCUT2D eigenvalue weighted by atomic mass is 32.2. The van der Waals surface area contributed by atoms with E-state index in [0.29, 0.717) is 12.2 Å². The Morgan fingerprint density at radius 2 is 2.15 bits per heavy atom. The molecule has 0 amide bonds. The second-order valence-corrected chi connectivity index (χ2v) is 8.42. The summed E-state index contributed by atoms with van der Waals surface area (Å²) < 4.78 is 37.0. The van der Waals surface area contributed by atoms with Gasteiger partial charge >= 0.3 is 5.69 Å². The molecule has 0 fully saturated rings. The van der Waals surface area contributed by atoms with Gasteiger partial charge in [-0.25, -0.2) is 13.1 Å². The Hall–Kier alpha value is -1.04. The van der Waals surface area contributed by atoms with Crippen molar-refractivity contribution in [2.24, 2.45) is 0 Å². The lowest BCUT2D eigenvalue weighted by Gasteiger charge is -2.03. The Morgan fingerprint density at radius 1 is 1.50 bits per heavy atom. The van der Waals surface area contributed by atoms with Crippen LogP contribution in [0, 0.1) is 10.1 Å². The van der Waals surface area contributed by atoms with Crippen LogP contribution in [0.5, 0.6) is 0 Å². The van der Waals surface area contributed by atoms with Gasteiger partial charge in [-0.15, -0.1) is 0 Å². The lowest BCUT2D eigenvalue weighted by molar-refractivity contribution is -0.383. The van der Waals surface area contributed by atoms with E-state index in [-0.39, 0.29) is 21.4 Å². The second kappa shape index (κ2) is 7.11. The number of rotatable bonds is 8. The van der Waals surface area contributed by atoms with Crippen LogP contribution in [-0.2, 0) is 20.8 Å². The Morgan fingerprint density at radius 3 is 2.60 bits per heavy atom. The highest BCUT2D eigenvalue weighted by molar-refractivity contribution is 7.91. The van der Waals surface area contributed by atoms with Gasteiger partial charge in [0.25, 0.3) is 0 Å². The van der Waals surface area contributed by atoms with E-state index in [1.807, 2.05) is 0 Å². The number of hydrogen-bond acceptors (Lipinski definition) is 7. The molecule has 0 radical (unpaired) electrons. The molecular formula is C9H15N3O5S3. The summed E-state index contributed by atoms with van der Waals surface area (Å²) in [4.78, 5) is 10.1. The molecule has 114 valence electrons. The molecule has 1 aromatic heterocycles. The second-order valence-electron chi connectivity index (χ2n) is 3.82. The van der Waals surface area contributed by atoms with E-state index < -0.39 is 25.7 Å². The van der Waals surface area contributed by atoms with Gasteiger partial charge in [-0.3, -0.25) is 14.3 Å². The number of anilines is 1. The molecule has 0 spiro atoms. The van der Waals surface area contributed by atoms with Crippen molar-refractivity contribution in [1.29, 1.82) is 0 Å². The van der Waals surface area contributed by atoms with Crippen LogP contribution < -0.4 is 10.0 Å². The van der Waals surface area contributed by atoms with Crippen molar-refractivity contribution < 1.29 is 17.6 Å². The zero-order chi connectivity index (χ0) is 15.3. The van der Waals surface area contributed by atoms with Gasteiger partial charge in [-0.1, -0.05) is 11.3 Å². The van der Waals surface area contributed by atoms with Crippen LogP contribution in [0.15, 0.2) is 10.3 Å². The maximum Gasteiger partial charge on any atom is 0.304 e. The van der Waals surface area contributed by atoms with Crippen LogP contribution >= 0.6 is 11.3 Å². The number of thiophene rings is 1. The predicted molar refractivity (Wildman–Crippen MR) is 79.3 cm³/mol. The summed E-state index contributed by atoms with van der Waals surface area (Å²) in [6.45, 7) is 0.141.